The van der Waals surface area contributed by atoms with Crippen molar-refractivity contribution in [2.75, 3.05) is 24.7 Å². The van der Waals surface area contributed by atoms with Crippen molar-refractivity contribution in [1.82, 2.24) is 20.1 Å². The zero-order valence-corrected chi connectivity index (χ0v) is 19.5. The largest absolute Gasteiger partial charge is 0.497 e. The summed E-state index contributed by atoms with van der Waals surface area (Å²) in [5, 5.41) is 14.8. The van der Waals surface area contributed by atoms with E-state index in [1.165, 1.54) is 17.3 Å². The summed E-state index contributed by atoms with van der Waals surface area (Å²) >= 11 is 1.32. The molecule has 0 atom stereocenters. The number of rotatable bonds is 9. The maximum absolute atomic E-state index is 12.3. The molecule has 168 valence electrons. The number of amides is 2. The third-order valence-electron chi connectivity index (χ3n) is 5.03. The van der Waals surface area contributed by atoms with Crippen molar-refractivity contribution in [2.24, 2.45) is 7.05 Å². The SMILES string of the molecule is COc1ccc(C(=O)NCCc2nnc(SCC(=O)Nc3ccc(C)c(C)c3)n2C)cc1. The topological polar surface area (TPSA) is 98.1 Å². The standard InChI is InChI=1S/C23H27N5O3S/c1-15-5-8-18(13-16(15)2)25-21(29)14-32-23-27-26-20(28(23)3)11-12-24-22(30)17-6-9-19(31-4)10-7-17/h5-10,13H,11-12,14H2,1-4H3,(H,24,30)(H,25,29). The van der Waals surface area contributed by atoms with Gasteiger partial charge >= 0.3 is 0 Å². The summed E-state index contributed by atoms with van der Waals surface area (Å²) in [7, 11) is 3.43. The fourth-order valence-electron chi connectivity index (χ4n) is 2.97. The lowest BCUT2D eigenvalue weighted by Crippen LogP contribution is -2.26. The van der Waals surface area contributed by atoms with Crippen LogP contribution in [-0.2, 0) is 18.3 Å². The fourth-order valence-corrected chi connectivity index (χ4v) is 3.70. The lowest BCUT2D eigenvalue weighted by atomic mass is 10.1. The number of carbonyl (C=O) groups excluding carboxylic acids is 2. The Morgan fingerprint density at radius 1 is 1.06 bits per heavy atom. The van der Waals surface area contributed by atoms with Crippen LogP contribution in [0.4, 0.5) is 5.69 Å². The molecule has 0 aliphatic rings. The van der Waals surface area contributed by atoms with Gasteiger partial charge in [0.15, 0.2) is 5.16 Å². The van der Waals surface area contributed by atoms with E-state index < -0.39 is 0 Å². The molecule has 0 aliphatic heterocycles. The number of thioether (sulfide) groups is 1. The molecule has 3 aromatic rings. The number of aromatic nitrogens is 3. The number of carbonyl (C=O) groups is 2. The van der Waals surface area contributed by atoms with E-state index in [4.69, 9.17) is 4.74 Å². The highest BCUT2D eigenvalue weighted by Gasteiger charge is 2.13. The third kappa shape index (κ3) is 6.10. The van der Waals surface area contributed by atoms with Gasteiger partial charge in [-0.2, -0.15) is 0 Å². The van der Waals surface area contributed by atoms with Crippen LogP contribution in [0, 0.1) is 13.8 Å². The van der Waals surface area contributed by atoms with Gasteiger partial charge in [0.1, 0.15) is 11.6 Å². The second-order valence-electron chi connectivity index (χ2n) is 7.33. The Bertz CT molecular complexity index is 1100. The van der Waals surface area contributed by atoms with Crippen molar-refractivity contribution < 1.29 is 14.3 Å². The first kappa shape index (κ1) is 23.3. The van der Waals surface area contributed by atoms with Gasteiger partial charge in [-0.05, 0) is 61.4 Å². The number of methoxy groups -OCH3 is 1. The first-order valence-electron chi connectivity index (χ1n) is 10.2. The van der Waals surface area contributed by atoms with Crippen LogP contribution in [0.15, 0.2) is 47.6 Å². The Hall–Kier alpha value is -3.33. The summed E-state index contributed by atoms with van der Waals surface area (Å²) < 4.78 is 6.94. The minimum absolute atomic E-state index is 0.102. The van der Waals surface area contributed by atoms with Crippen LogP contribution >= 0.6 is 11.8 Å². The number of anilines is 1. The van der Waals surface area contributed by atoms with E-state index in [1.54, 1.807) is 31.4 Å². The first-order chi connectivity index (χ1) is 15.4. The molecule has 0 bridgehead atoms. The Kier molecular flexibility index (Phi) is 7.88. The number of nitrogens with one attached hydrogen (secondary N) is 2. The predicted octanol–water partition coefficient (Wildman–Crippen LogP) is 3.14. The van der Waals surface area contributed by atoms with E-state index >= 15 is 0 Å². The van der Waals surface area contributed by atoms with Gasteiger partial charge in [-0.1, -0.05) is 17.8 Å². The van der Waals surface area contributed by atoms with Crippen molar-refractivity contribution in [3.8, 4) is 5.75 Å². The summed E-state index contributed by atoms with van der Waals surface area (Å²) in [5.41, 5.74) is 3.66. The highest BCUT2D eigenvalue weighted by molar-refractivity contribution is 7.99. The van der Waals surface area contributed by atoms with Crippen molar-refractivity contribution in [1.29, 1.82) is 0 Å². The third-order valence-corrected chi connectivity index (χ3v) is 6.05. The summed E-state index contributed by atoms with van der Waals surface area (Å²) in [6.45, 7) is 4.47. The highest BCUT2D eigenvalue weighted by atomic mass is 32.2. The normalized spacial score (nSPS) is 10.6. The van der Waals surface area contributed by atoms with E-state index in [9.17, 15) is 9.59 Å². The molecule has 32 heavy (non-hydrogen) atoms. The molecular weight excluding hydrogens is 426 g/mol. The van der Waals surface area contributed by atoms with Gasteiger partial charge < -0.3 is 19.9 Å². The molecule has 0 saturated carbocycles. The molecule has 2 amide bonds. The number of nitrogens with zero attached hydrogens (tertiary/aromatic N) is 3. The van der Waals surface area contributed by atoms with Crippen molar-refractivity contribution in [3.63, 3.8) is 0 Å². The minimum atomic E-state index is -0.160. The molecule has 2 N–H and O–H groups in total. The molecule has 2 aromatic carbocycles. The van der Waals surface area contributed by atoms with Crippen molar-refractivity contribution >= 4 is 29.3 Å². The second-order valence-corrected chi connectivity index (χ2v) is 8.27. The molecule has 3 rings (SSSR count). The second kappa shape index (κ2) is 10.8. The molecule has 0 unspecified atom stereocenters. The van der Waals surface area contributed by atoms with Gasteiger partial charge in [0.2, 0.25) is 5.91 Å². The van der Waals surface area contributed by atoms with Crippen LogP contribution < -0.4 is 15.4 Å². The van der Waals surface area contributed by atoms with E-state index in [-0.39, 0.29) is 17.6 Å². The van der Waals surface area contributed by atoms with Crippen LogP contribution in [0.3, 0.4) is 0 Å². The van der Waals surface area contributed by atoms with Crippen LogP contribution in [0.25, 0.3) is 0 Å². The molecular formula is C23H27N5O3S. The Balaban J connectivity index is 1.46. The maximum Gasteiger partial charge on any atom is 0.251 e. The number of hydrogen-bond donors (Lipinski definition) is 2. The smallest absolute Gasteiger partial charge is 0.251 e. The van der Waals surface area contributed by atoms with Crippen molar-refractivity contribution in [3.05, 3.63) is 65.0 Å². The fraction of sp³-hybridized carbons (Fsp3) is 0.304. The van der Waals surface area contributed by atoms with Gasteiger partial charge in [-0.3, -0.25) is 9.59 Å². The van der Waals surface area contributed by atoms with Gasteiger partial charge in [0.25, 0.3) is 5.91 Å². The first-order valence-corrected chi connectivity index (χ1v) is 11.2. The molecule has 0 spiro atoms. The van der Waals surface area contributed by atoms with Gasteiger partial charge in [-0.15, -0.1) is 10.2 Å². The van der Waals surface area contributed by atoms with E-state index in [2.05, 4.69) is 20.8 Å². The van der Waals surface area contributed by atoms with Gasteiger partial charge in [-0.25, -0.2) is 0 Å². The Labute approximate surface area is 191 Å². The molecule has 0 aliphatic carbocycles. The highest BCUT2D eigenvalue weighted by Crippen LogP contribution is 2.18. The van der Waals surface area contributed by atoms with Crippen LogP contribution in [0.2, 0.25) is 0 Å². The van der Waals surface area contributed by atoms with Crippen LogP contribution in [0.5, 0.6) is 5.75 Å². The lowest BCUT2D eigenvalue weighted by molar-refractivity contribution is -0.113. The average molecular weight is 454 g/mol. The summed E-state index contributed by atoms with van der Waals surface area (Å²) in [6.07, 6.45) is 0.529. The van der Waals surface area contributed by atoms with E-state index in [0.717, 1.165) is 17.1 Å². The molecule has 1 aromatic heterocycles. The van der Waals surface area contributed by atoms with Gasteiger partial charge in [0.05, 0.1) is 12.9 Å². The minimum Gasteiger partial charge on any atom is -0.497 e. The molecule has 0 saturated heterocycles. The van der Waals surface area contributed by atoms with Crippen molar-refractivity contribution in [2.45, 2.75) is 25.4 Å². The molecule has 8 nitrogen and oxygen atoms in total. The summed E-state index contributed by atoms with van der Waals surface area (Å²) in [4.78, 5) is 24.5. The van der Waals surface area contributed by atoms with Crippen LogP contribution in [-0.4, -0.2) is 46.0 Å². The Morgan fingerprint density at radius 2 is 1.81 bits per heavy atom. The zero-order valence-electron chi connectivity index (χ0n) is 18.6. The average Bonchev–Trinajstić information content (AvgIpc) is 3.14. The number of aryl methyl sites for hydroxylation is 2. The summed E-state index contributed by atoms with van der Waals surface area (Å²) in [5.74, 6) is 1.40. The predicted molar refractivity (Wildman–Crippen MR) is 125 cm³/mol. The lowest BCUT2D eigenvalue weighted by Gasteiger charge is -2.08. The monoisotopic (exact) mass is 453 g/mol. The van der Waals surface area contributed by atoms with E-state index in [1.807, 2.05) is 43.7 Å². The number of hydrogen-bond acceptors (Lipinski definition) is 6. The number of benzene rings is 2. The molecule has 1 heterocycles. The van der Waals surface area contributed by atoms with Gasteiger partial charge in [0, 0.05) is 31.3 Å². The Morgan fingerprint density at radius 3 is 2.50 bits per heavy atom. The van der Waals surface area contributed by atoms with Crippen LogP contribution in [0.1, 0.15) is 27.3 Å². The molecule has 0 radical (unpaired) electrons. The maximum atomic E-state index is 12.3. The quantitative estimate of drug-likeness (QED) is 0.483. The number of ether oxygens (including phenoxy) is 1. The zero-order chi connectivity index (χ0) is 23.1. The summed E-state index contributed by atoms with van der Waals surface area (Å²) in [6, 6.07) is 12.8. The molecule has 0 fully saturated rings. The molecule has 9 heteroatoms. The van der Waals surface area contributed by atoms with E-state index in [0.29, 0.717) is 29.4 Å².